The highest BCUT2D eigenvalue weighted by atomic mass is 79.9. The Morgan fingerprint density at radius 3 is 2.58 bits per heavy atom. The molecular weight excluding hydrogens is 366 g/mol. The van der Waals surface area contributed by atoms with Crippen LogP contribution >= 0.6 is 15.9 Å². The van der Waals surface area contributed by atoms with E-state index < -0.39 is 0 Å². The lowest BCUT2D eigenvalue weighted by atomic mass is 9.94. The Kier molecular flexibility index (Phi) is 4.27. The summed E-state index contributed by atoms with van der Waals surface area (Å²) in [5.41, 5.74) is 2.57. The Balaban J connectivity index is 1.68. The third-order valence-corrected chi connectivity index (χ3v) is 5.48. The van der Waals surface area contributed by atoms with Crippen molar-refractivity contribution >= 4 is 27.5 Å². The van der Waals surface area contributed by atoms with Crippen LogP contribution in [0.2, 0.25) is 0 Å². The van der Waals surface area contributed by atoms with Crippen LogP contribution in [0.5, 0.6) is 0 Å². The van der Waals surface area contributed by atoms with Crippen molar-refractivity contribution in [1.29, 1.82) is 0 Å². The molecular formula is C19H20BrN3O. The topological polar surface area (TPSA) is 45.2 Å². The summed E-state index contributed by atoms with van der Waals surface area (Å²) in [6.45, 7) is 0. The molecule has 0 saturated heterocycles. The summed E-state index contributed by atoms with van der Waals surface area (Å²) in [7, 11) is 0. The third-order valence-electron chi connectivity index (χ3n) is 4.96. The van der Waals surface area contributed by atoms with Crippen LogP contribution in [0.15, 0.2) is 47.1 Å². The molecule has 24 heavy (non-hydrogen) atoms. The Bertz CT molecular complexity index is 741. The van der Waals surface area contributed by atoms with Gasteiger partial charge in [0.05, 0.1) is 11.3 Å². The van der Waals surface area contributed by atoms with Crippen molar-refractivity contribution in [3.63, 3.8) is 0 Å². The van der Waals surface area contributed by atoms with Crippen molar-refractivity contribution in [3.8, 4) is 0 Å². The molecule has 0 spiro atoms. The van der Waals surface area contributed by atoms with Crippen molar-refractivity contribution in [1.82, 2.24) is 9.88 Å². The molecule has 2 aromatic rings. The molecule has 1 aliphatic heterocycles. The summed E-state index contributed by atoms with van der Waals surface area (Å²) >= 11 is 3.46. The van der Waals surface area contributed by atoms with E-state index in [1.54, 1.807) is 6.20 Å². The number of pyridine rings is 1. The first kappa shape index (κ1) is 15.6. The summed E-state index contributed by atoms with van der Waals surface area (Å²) in [4.78, 5) is 19.5. The molecule has 1 aliphatic carbocycles. The number of amides is 1. The molecule has 1 aromatic heterocycles. The number of anilines is 1. The van der Waals surface area contributed by atoms with E-state index in [1.165, 1.54) is 19.3 Å². The van der Waals surface area contributed by atoms with Crippen LogP contribution in [0.3, 0.4) is 0 Å². The van der Waals surface area contributed by atoms with Crippen LogP contribution in [-0.4, -0.2) is 21.8 Å². The average molecular weight is 386 g/mol. The molecule has 1 aromatic carbocycles. The first-order valence-corrected chi connectivity index (χ1v) is 9.33. The number of carbonyl (C=O) groups excluding carboxylic acids is 1. The van der Waals surface area contributed by atoms with Gasteiger partial charge in [0.25, 0.3) is 5.91 Å². The summed E-state index contributed by atoms with van der Waals surface area (Å²) in [5.74, 6) is 0.111. The molecule has 4 nitrogen and oxygen atoms in total. The molecule has 124 valence electrons. The van der Waals surface area contributed by atoms with Gasteiger partial charge in [0.2, 0.25) is 0 Å². The predicted molar refractivity (Wildman–Crippen MR) is 97.8 cm³/mol. The summed E-state index contributed by atoms with van der Waals surface area (Å²) in [5, 5.41) is 3.52. The van der Waals surface area contributed by atoms with E-state index in [0.29, 0.717) is 6.04 Å². The van der Waals surface area contributed by atoms with Crippen molar-refractivity contribution in [2.45, 2.75) is 44.3 Å². The van der Waals surface area contributed by atoms with Crippen molar-refractivity contribution in [3.05, 3.63) is 58.3 Å². The highest BCUT2D eigenvalue weighted by Gasteiger charge is 2.41. The van der Waals surface area contributed by atoms with Crippen molar-refractivity contribution in [2.24, 2.45) is 0 Å². The Morgan fingerprint density at radius 2 is 1.83 bits per heavy atom. The normalized spacial score (nSPS) is 21.0. The Hall–Kier alpha value is -1.88. The minimum absolute atomic E-state index is 0.111. The Morgan fingerprint density at radius 1 is 1.08 bits per heavy atom. The van der Waals surface area contributed by atoms with Crippen LogP contribution in [0.4, 0.5) is 5.69 Å². The monoisotopic (exact) mass is 385 g/mol. The van der Waals surface area contributed by atoms with Gasteiger partial charge in [-0.15, -0.1) is 0 Å². The molecule has 4 rings (SSSR count). The van der Waals surface area contributed by atoms with Gasteiger partial charge in [-0.1, -0.05) is 35.2 Å². The first-order chi connectivity index (χ1) is 11.7. The van der Waals surface area contributed by atoms with E-state index in [9.17, 15) is 4.79 Å². The number of carbonyl (C=O) groups is 1. The van der Waals surface area contributed by atoms with E-state index in [2.05, 4.69) is 26.2 Å². The molecule has 0 unspecified atom stereocenters. The fourth-order valence-corrected chi connectivity index (χ4v) is 4.05. The van der Waals surface area contributed by atoms with E-state index in [4.69, 9.17) is 0 Å². The SMILES string of the molecule is O=C1c2cccnc2[C@@H](Nc2ccc(Br)cc2)N1C1CCCCC1. The number of hydrogen-bond donors (Lipinski definition) is 1. The van der Waals surface area contributed by atoms with E-state index in [-0.39, 0.29) is 12.1 Å². The van der Waals surface area contributed by atoms with Crippen molar-refractivity contribution in [2.75, 3.05) is 5.32 Å². The lowest BCUT2D eigenvalue weighted by Crippen LogP contribution is -2.42. The molecule has 1 fully saturated rings. The number of halogens is 1. The second kappa shape index (κ2) is 6.55. The number of rotatable bonds is 3. The highest BCUT2D eigenvalue weighted by Crippen LogP contribution is 2.38. The van der Waals surface area contributed by atoms with Gasteiger partial charge in [-0.3, -0.25) is 9.78 Å². The predicted octanol–water partition coefficient (Wildman–Crippen LogP) is 4.74. The van der Waals surface area contributed by atoms with Crippen LogP contribution in [0.25, 0.3) is 0 Å². The first-order valence-electron chi connectivity index (χ1n) is 8.54. The number of fused-ring (bicyclic) bond motifs is 1. The number of nitrogens with one attached hydrogen (secondary N) is 1. The zero-order valence-corrected chi connectivity index (χ0v) is 15.0. The highest BCUT2D eigenvalue weighted by molar-refractivity contribution is 9.10. The zero-order chi connectivity index (χ0) is 16.5. The average Bonchev–Trinajstić information content (AvgIpc) is 2.90. The van der Waals surface area contributed by atoms with Crippen LogP contribution in [0, 0.1) is 0 Å². The van der Waals surface area contributed by atoms with Crippen molar-refractivity contribution < 1.29 is 4.79 Å². The van der Waals surface area contributed by atoms with Gasteiger partial charge in [-0.05, 0) is 49.2 Å². The maximum atomic E-state index is 13.0. The summed E-state index contributed by atoms with van der Waals surface area (Å²) in [6, 6.07) is 12.1. The van der Waals surface area contributed by atoms with Gasteiger partial charge in [0, 0.05) is 22.4 Å². The van der Waals surface area contributed by atoms with E-state index in [1.807, 2.05) is 41.3 Å². The van der Waals surface area contributed by atoms with Gasteiger partial charge >= 0.3 is 0 Å². The fourth-order valence-electron chi connectivity index (χ4n) is 3.78. The minimum Gasteiger partial charge on any atom is -0.360 e. The van der Waals surface area contributed by atoms with E-state index in [0.717, 1.165) is 34.3 Å². The van der Waals surface area contributed by atoms with Gasteiger partial charge in [0.15, 0.2) is 0 Å². The molecule has 0 bridgehead atoms. The van der Waals surface area contributed by atoms with Crippen LogP contribution in [-0.2, 0) is 0 Å². The zero-order valence-electron chi connectivity index (χ0n) is 13.4. The lowest BCUT2D eigenvalue weighted by Gasteiger charge is -2.36. The molecule has 2 aliphatic rings. The van der Waals surface area contributed by atoms with Gasteiger partial charge < -0.3 is 10.2 Å². The number of aromatic nitrogens is 1. The molecule has 0 radical (unpaired) electrons. The maximum absolute atomic E-state index is 13.0. The minimum atomic E-state index is -0.182. The molecule has 1 amide bonds. The van der Waals surface area contributed by atoms with E-state index >= 15 is 0 Å². The number of hydrogen-bond acceptors (Lipinski definition) is 3. The van der Waals surface area contributed by atoms with Gasteiger partial charge in [-0.2, -0.15) is 0 Å². The van der Waals surface area contributed by atoms with Crippen LogP contribution < -0.4 is 5.32 Å². The third kappa shape index (κ3) is 2.81. The molecule has 2 heterocycles. The fraction of sp³-hybridized carbons (Fsp3) is 0.368. The second-order valence-corrected chi connectivity index (χ2v) is 7.41. The standard InChI is InChI=1S/C19H20BrN3O/c20-13-8-10-14(11-9-13)22-18-17-16(7-4-12-21-17)19(24)23(18)15-5-2-1-3-6-15/h4,7-12,15,18,22H,1-3,5-6H2/t18-/m0/s1. The molecule has 1 atom stereocenters. The number of nitrogens with zero attached hydrogens (tertiary/aromatic N) is 2. The lowest BCUT2D eigenvalue weighted by molar-refractivity contribution is 0.0599. The summed E-state index contributed by atoms with van der Waals surface area (Å²) < 4.78 is 1.04. The molecule has 5 heteroatoms. The maximum Gasteiger partial charge on any atom is 0.258 e. The van der Waals surface area contributed by atoms with Crippen LogP contribution in [0.1, 0.15) is 54.3 Å². The Labute approximate surface area is 150 Å². The van der Waals surface area contributed by atoms with Gasteiger partial charge in [0.1, 0.15) is 6.17 Å². The van der Waals surface area contributed by atoms with Gasteiger partial charge in [-0.25, -0.2) is 0 Å². The second-order valence-electron chi connectivity index (χ2n) is 6.49. The summed E-state index contributed by atoms with van der Waals surface area (Å²) in [6.07, 6.45) is 7.42. The molecule has 1 saturated carbocycles. The molecule has 1 N–H and O–H groups in total. The smallest absolute Gasteiger partial charge is 0.258 e. The number of benzene rings is 1. The largest absolute Gasteiger partial charge is 0.360 e. The quantitative estimate of drug-likeness (QED) is 0.829.